The Balaban J connectivity index is 1.60. The number of aryl methyl sites for hydroxylation is 1. The zero-order chi connectivity index (χ0) is 20.1. The van der Waals surface area contributed by atoms with E-state index in [1.165, 1.54) is 6.07 Å². The second kappa shape index (κ2) is 6.70. The third-order valence-corrected chi connectivity index (χ3v) is 5.61. The van der Waals surface area contributed by atoms with Crippen molar-refractivity contribution in [2.75, 3.05) is 38.1 Å². The Bertz CT molecular complexity index is 1290. The van der Waals surface area contributed by atoms with Crippen LogP contribution in [-0.2, 0) is 0 Å². The van der Waals surface area contributed by atoms with E-state index < -0.39 is 11.4 Å². The van der Waals surface area contributed by atoms with Crippen molar-refractivity contribution in [3.63, 3.8) is 0 Å². The monoisotopic (exact) mass is 392 g/mol. The van der Waals surface area contributed by atoms with E-state index in [0.29, 0.717) is 5.69 Å². The van der Waals surface area contributed by atoms with E-state index in [1.807, 2.05) is 29.7 Å². The number of piperazine rings is 1. The highest BCUT2D eigenvalue weighted by Crippen LogP contribution is 2.28. The Morgan fingerprint density at radius 3 is 2.69 bits per heavy atom. The second-order valence-corrected chi connectivity index (χ2v) is 7.63. The number of hydrogen-bond donors (Lipinski definition) is 0. The zero-order valence-electron chi connectivity index (χ0n) is 16.4. The van der Waals surface area contributed by atoms with Gasteiger partial charge in [0, 0.05) is 50.3 Å². The van der Waals surface area contributed by atoms with Gasteiger partial charge in [0.2, 0.25) is 0 Å². The molecule has 5 rings (SSSR count). The largest absolute Gasteiger partial charge is 0.422 e. The molecule has 7 heteroatoms. The highest BCUT2D eigenvalue weighted by molar-refractivity contribution is 5.85. The van der Waals surface area contributed by atoms with Crippen molar-refractivity contribution in [3.05, 3.63) is 64.5 Å². The highest BCUT2D eigenvalue weighted by Gasteiger charge is 2.19. The van der Waals surface area contributed by atoms with Gasteiger partial charge in [-0.05, 0) is 37.7 Å². The van der Waals surface area contributed by atoms with Crippen LogP contribution in [0.25, 0.3) is 27.9 Å². The lowest BCUT2D eigenvalue weighted by Gasteiger charge is -2.34. The van der Waals surface area contributed by atoms with Crippen molar-refractivity contribution in [1.29, 1.82) is 0 Å². The molecule has 0 saturated carbocycles. The summed E-state index contributed by atoms with van der Waals surface area (Å²) in [6.45, 7) is 5.40. The minimum Gasteiger partial charge on any atom is -0.422 e. The average molecular weight is 392 g/mol. The molecule has 1 aromatic carbocycles. The Morgan fingerprint density at radius 2 is 1.93 bits per heavy atom. The van der Waals surface area contributed by atoms with Gasteiger partial charge in [-0.1, -0.05) is 6.07 Å². The summed E-state index contributed by atoms with van der Waals surface area (Å²) in [5, 5.41) is 0.284. The molecule has 1 fully saturated rings. The predicted octanol–water partition coefficient (Wildman–Crippen LogP) is 3.31. The van der Waals surface area contributed by atoms with Gasteiger partial charge < -0.3 is 18.6 Å². The van der Waals surface area contributed by atoms with Crippen LogP contribution in [-0.4, -0.2) is 47.5 Å². The van der Waals surface area contributed by atoms with Gasteiger partial charge in [-0.3, -0.25) is 0 Å². The number of rotatable bonds is 2. The summed E-state index contributed by atoms with van der Waals surface area (Å²) >= 11 is 0. The molecule has 29 heavy (non-hydrogen) atoms. The number of halogens is 1. The highest BCUT2D eigenvalue weighted by atomic mass is 19.1. The number of imidazole rings is 1. The molecule has 0 aliphatic carbocycles. The molecule has 0 radical (unpaired) electrons. The smallest absolute Gasteiger partial charge is 0.345 e. The molecule has 0 atom stereocenters. The van der Waals surface area contributed by atoms with Crippen molar-refractivity contribution in [2.24, 2.45) is 0 Å². The van der Waals surface area contributed by atoms with Gasteiger partial charge in [-0.2, -0.15) is 0 Å². The van der Waals surface area contributed by atoms with E-state index in [9.17, 15) is 9.18 Å². The van der Waals surface area contributed by atoms with Crippen LogP contribution in [0.1, 0.15) is 5.56 Å². The van der Waals surface area contributed by atoms with Crippen LogP contribution in [0.15, 0.2) is 51.9 Å². The van der Waals surface area contributed by atoms with Crippen molar-refractivity contribution in [3.8, 4) is 11.3 Å². The van der Waals surface area contributed by atoms with E-state index in [0.717, 1.165) is 43.1 Å². The number of fused-ring (bicyclic) bond motifs is 2. The fourth-order valence-electron chi connectivity index (χ4n) is 3.87. The van der Waals surface area contributed by atoms with E-state index in [2.05, 4.69) is 21.8 Å². The van der Waals surface area contributed by atoms with Crippen LogP contribution in [0.3, 0.4) is 0 Å². The molecule has 0 N–H and O–H groups in total. The normalized spacial score (nSPS) is 15.5. The van der Waals surface area contributed by atoms with Crippen LogP contribution in [0, 0.1) is 12.7 Å². The summed E-state index contributed by atoms with van der Waals surface area (Å²) in [7, 11) is 2.07. The van der Waals surface area contributed by atoms with E-state index >= 15 is 0 Å². The van der Waals surface area contributed by atoms with E-state index in [4.69, 9.17) is 4.42 Å². The van der Waals surface area contributed by atoms with Crippen molar-refractivity contribution in [1.82, 2.24) is 14.3 Å². The first-order chi connectivity index (χ1) is 14.0. The molecular formula is C22H21FN4O2. The van der Waals surface area contributed by atoms with E-state index in [1.54, 1.807) is 18.3 Å². The lowest BCUT2D eigenvalue weighted by atomic mass is 10.1. The number of hydrogen-bond acceptors (Lipinski definition) is 5. The SMILES string of the molecule is Cc1cccn2cc(-c3cc4c(F)cc(N5CCN(C)CC5)cc4oc3=O)nc12. The molecule has 1 saturated heterocycles. The van der Waals surface area contributed by atoms with Gasteiger partial charge in [0.1, 0.15) is 17.0 Å². The summed E-state index contributed by atoms with van der Waals surface area (Å²) < 4.78 is 22.3. The fourth-order valence-corrected chi connectivity index (χ4v) is 3.87. The topological polar surface area (TPSA) is 54.0 Å². The maximum atomic E-state index is 14.9. The zero-order valence-corrected chi connectivity index (χ0v) is 16.4. The molecule has 0 amide bonds. The minimum atomic E-state index is -0.520. The van der Waals surface area contributed by atoms with Gasteiger partial charge in [-0.15, -0.1) is 0 Å². The van der Waals surface area contributed by atoms with Crippen LogP contribution in [0.4, 0.5) is 10.1 Å². The molecule has 4 aromatic rings. The summed E-state index contributed by atoms with van der Waals surface area (Å²) in [6.07, 6.45) is 3.63. The molecule has 1 aliphatic rings. The van der Waals surface area contributed by atoms with Crippen LogP contribution < -0.4 is 10.5 Å². The lowest BCUT2D eigenvalue weighted by molar-refractivity contribution is 0.313. The Morgan fingerprint density at radius 1 is 1.14 bits per heavy atom. The number of nitrogens with zero attached hydrogens (tertiary/aromatic N) is 4. The molecule has 0 unspecified atom stereocenters. The summed E-state index contributed by atoms with van der Waals surface area (Å²) in [5.74, 6) is -0.402. The molecule has 1 aliphatic heterocycles. The number of pyridine rings is 1. The third-order valence-electron chi connectivity index (χ3n) is 5.61. The van der Waals surface area contributed by atoms with Crippen molar-refractivity contribution < 1.29 is 8.81 Å². The molecular weight excluding hydrogens is 371 g/mol. The summed E-state index contributed by atoms with van der Waals surface area (Å²) in [6, 6.07) is 8.68. The van der Waals surface area contributed by atoms with Crippen molar-refractivity contribution >= 4 is 22.3 Å². The standard InChI is InChI=1S/C22H21FN4O2/c1-14-4-3-5-27-13-19(24-21(14)27)17-12-16-18(23)10-15(11-20(16)29-22(17)28)26-8-6-25(2)7-9-26/h3-5,10-13H,6-9H2,1-2H3. The number of aromatic nitrogens is 2. The fraction of sp³-hybridized carbons (Fsp3) is 0.273. The summed E-state index contributed by atoms with van der Waals surface area (Å²) in [4.78, 5) is 21.6. The lowest BCUT2D eigenvalue weighted by Crippen LogP contribution is -2.44. The van der Waals surface area contributed by atoms with Crippen molar-refractivity contribution in [2.45, 2.75) is 6.92 Å². The van der Waals surface area contributed by atoms with Crippen LogP contribution in [0.5, 0.6) is 0 Å². The number of benzene rings is 1. The quantitative estimate of drug-likeness (QED) is 0.490. The van der Waals surface area contributed by atoms with Gasteiger partial charge >= 0.3 is 5.63 Å². The molecule has 3 aromatic heterocycles. The average Bonchev–Trinajstić information content (AvgIpc) is 3.13. The number of anilines is 1. The first-order valence-electron chi connectivity index (χ1n) is 9.65. The third kappa shape index (κ3) is 3.07. The molecule has 4 heterocycles. The summed E-state index contributed by atoms with van der Waals surface area (Å²) in [5.41, 5.74) is 2.95. The molecule has 6 nitrogen and oxygen atoms in total. The van der Waals surface area contributed by atoms with Gasteiger partial charge in [0.05, 0.1) is 16.6 Å². The molecule has 0 spiro atoms. The maximum absolute atomic E-state index is 14.9. The molecule has 0 bridgehead atoms. The van der Waals surface area contributed by atoms with Gasteiger partial charge in [0.25, 0.3) is 0 Å². The first kappa shape index (κ1) is 17.9. The van der Waals surface area contributed by atoms with E-state index in [-0.39, 0.29) is 16.5 Å². The Hall–Kier alpha value is -3.19. The van der Waals surface area contributed by atoms with Crippen LogP contribution >= 0.6 is 0 Å². The first-order valence-corrected chi connectivity index (χ1v) is 9.65. The van der Waals surface area contributed by atoms with Gasteiger partial charge in [0.15, 0.2) is 0 Å². The van der Waals surface area contributed by atoms with Crippen LogP contribution in [0.2, 0.25) is 0 Å². The predicted molar refractivity (Wildman–Crippen MR) is 111 cm³/mol. The Labute approximate surface area is 166 Å². The second-order valence-electron chi connectivity index (χ2n) is 7.63. The van der Waals surface area contributed by atoms with Gasteiger partial charge in [-0.25, -0.2) is 14.2 Å². The number of likely N-dealkylation sites (N-methyl/N-ethyl adjacent to an activating group) is 1. The minimum absolute atomic E-state index is 0.256. The Kier molecular flexibility index (Phi) is 4.13. The molecule has 148 valence electrons. The maximum Gasteiger partial charge on any atom is 0.345 e.